The smallest absolute Gasteiger partial charge is 0.162 e. The summed E-state index contributed by atoms with van der Waals surface area (Å²) in [6.45, 7) is 0. The van der Waals surface area contributed by atoms with E-state index in [0.29, 0.717) is 5.82 Å². The number of hydrogen-bond donors (Lipinski definition) is 0. The molecule has 2 aromatic heterocycles. The number of nitrogens with zero attached hydrogens (tertiary/aromatic N) is 3. The lowest BCUT2D eigenvalue weighted by Gasteiger charge is -2.40. The van der Waals surface area contributed by atoms with Crippen LogP contribution < -0.4 is 4.74 Å². The fraction of sp³-hybridized carbons (Fsp3) is 0.0227. The van der Waals surface area contributed by atoms with E-state index in [4.69, 9.17) is 19.7 Å². The van der Waals surface area contributed by atoms with Gasteiger partial charge in [0.2, 0.25) is 0 Å². The summed E-state index contributed by atoms with van der Waals surface area (Å²) in [5.74, 6) is 2.26. The zero-order valence-electron chi connectivity index (χ0n) is 25.8. The molecule has 6 aromatic carbocycles. The maximum atomic E-state index is 6.95. The number of fused-ring (bicyclic) bond motifs is 10. The highest BCUT2D eigenvalue weighted by Crippen LogP contribution is 2.63. The van der Waals surface area contributed by atoms with Crippen LogP contribution >= 0.6 is 0 Å². The summed E-state index contributed by atoms with van der Waals surface area (Å²) < 4.78 is 6.95. The molecule has 0 atom stereocenters. The topological polar surface area (TPSA) is 47.9 Å². The van der Waals surface area contributed by atoms with E-state index < -0.39 is 5.41 Å². The van der Waals surface area contributed by atoms with Crippen LogP contribution in [0.2, 0.25) is 0 Å². The van der Waals surface area contributed by atoms with Crippen molar-refractivity contribution >= 4 is 10.9 Å². The van der Waals surface area contributed by atoms with Crippen LogP contribution in [0.3, 0.4) is 0 Å². The molecule has 1 aliphatic heterocycles. The Balaban J connectivity index is 1.25. The van der Waals surface area contributed by atoms with E-state index in [1.54, 1.807) is 0 Å². The Labute approximate surface area is 278 Å². The van der Waals surface area contributed by atoms with Crippen molar-refractivity contribution in [2.24, 2.45) is 0 Å². The molecule has 0 saturated carbocycles. The molecule has 2 aliphatic rings. The fourth-order valence-electron chi connectivity index (χ4n) is 7.88. The van der Waals surface area contributed by atoms with Crippen LogP contribution in [0.15, 0.2) is 164 Å². The normalized spacial score (nSPS) is 13.3. The molecule has 0 saturated heterocycles. The van der Waals surface area contributed by atoms with Crippen LogP contribution in [0, 0.1) is 0 Å². The Morgan fingerprint density at radius 2 is 1.06 bits per heavy atom. The summed E-state index contributed by atoms with van der Waals surface area (Å²) >= 11 is 0. The molecule has 10 rings (SSSR count). The zero-order valence-corrected chi connectivity index (χ0v) is 25.8. The van der Waals surface area contributed by atoms with E-state index in [1.165, 1.54) is 22.3 Å². The van der Waals surface area contributed by atoms with Gasteiger partial charge in [-0.1, -0.05) is 127 Å². The van der Waals surface area contributed by atoms with E-state index >= 15 is 0 Å². The average molecular weight is 614 g/mol. The molecule has 1 aliphatic carbocycles. The molecule has 48 heavy (non-hydrogen) atoms. The second kappa shape index (κ2) is 10.3. The highest BCUT2D eigenvalue weighted by molar-refractivity contribution is 5.95. The lowest BCUT2D eigenvalue weighted by Crippen LogP contribution is -2.32. The summed E-state index contributed by atoms with van der Waals surface area (Å²) in [5, 5.41) is 1.01. The lowest BCUT2D eigenvalue weighted by atomic mass is 9.65. The van der Waals surface area contributed by atoms with Gasteiger partial charge in [-0.2, -0.15) is 0 Å². The van der Waals surface area contributed by atoms with Crippen molar-refractivity contribution in [1.82, 2.24) is 15.0 Å². The van der Waals surface area contributed by atoms with Gasteiger partial charge in [0.05, 0.1) is 22.3 Å². The van der Waals surface area contributed by atoms with E-state index in [9.17, 15) is 0 Å². The van der Waals surface area contributed by atoms with Crippen molar-refractivity contribution in [2.45, 2.75) is 5.41 Å². The van der Waals surface area contributed by atoms with Gasteiger partial charge in [0.25, 0.3) is 0 Å². The number of para-hydroxylation sites is 3. The average Bonchev–Trinajstić information content (AvgIpc) is 3.45. The summed E-state index contributed by atoms with van der Waals surface area (Å²) in [6, 6.07) is 55.0. The molecule has 224 valence electrons. The number of pyridine rings is 1. The number of benzene rings is 6. The molecule has 0 unspecified atom stereocenters. The second-order valence-corrected chi connectivity index (χ2v) is 12.3. The van der Waals surface area contributed by atoms with Crippen molar-refractivity contribution in [3.05, 3.63) is 186 Å². The number of aromatic nitrogens is 3. The summed E-state index contributed by atoms with van der Waals surface area (Å²) in [4.78, 5) is 15.3. The Morgan fingerprint density at radius 3 is 1.88 bits per heavy atom. The van der Waals surface area contributed by atoms with Crippen LogP contribution in [0.1, 0.15) is 22.3 Å². The van der Waals surface area contributed by atoms with Crippen LogP contribution in [-0.4, -0.2) is 15.0 Å². The third kappa shape index (κ3) is 3.68. The van der Waals surface area contributed by atoms with Crippen molar-refractivity contribution < 1.29 is 4.74 Å². The highest BCUT2D eigenvalue weighted by atomic mass is 16.5. The van der Waals surface area contributed by atoms with E-state index in [-0.39, 0.29) is 0 Å². The molecule has 4 heteroatoms. The minimum absolute atomic E-state index is 0.553. The van der Waals surface area contributed by atoms with E-state index in [2.05, 4.69) is 109 Å². The Kier molecular flexibility index (Phi) is 5.75. The van der Waals surface area contributed by atoms with Crippen molar-refractivity contribution in [3.63, 3.8) is 0 Å². The van der Waals surface area contributed by atoms with Gasteiger partial charge in [0.1, 0.15) is 11.5 Å². The molecule has 3 heterocycles. The number of hydrogen-bond acceptors (Lipinski definition) is 4. The molecular formula is C44H27N3O. The number of rotatable bonds is 3. The van der Waals surface area contributed by atoms with Gasteiger partial charge >= 0.3 is 0 Å². The first-order valence-electron chi connectivity index (χ1n) is 16.2. The van der Waals surface area contributed by atoms with Gasteiger partial charge in [-0.3, -0.25) is 4.98 Å². The first-order valence-corrected chi connectivity index (χ1v) is 16.2. The Morgan fingerprint density at radius 1 is 0.438 bits per heavy atom. The van der Waals surface area contributed by atoms with Crippen LogP contribution in [0.25, 0.3) is 55.9 Å². The summed E-state index contributed by atoms with van der Waals surface area (Å²) in [5.41, 5.74) is 12.0. The van der Waals surface area contributed by atoms with E-state index in [0.717, 1.165) is 61.6 Å². The predicted molar refractivity (Wildman–Crippen MR) is 191 cm³/mol. The lowest BCUT2D eigenvalue weighted by molar-refractivity contribution is 0.438. The zero-order chi connectivity index (χ0) is 31.7. The van der Waals surface area contributed by atoms with Crippen molar-refractivity contribution in [3.8, 4) is 56.5 Å². The van der Waals surface area contributed by atoms with Gasteiger partial charge < -0.3 is 4.74 Å². The molecule has 1 spiro atoms. The van der Waals surface area contributed by atoms with Gasteiger partial charge in [0.15, 0.2) is 5.82 Å². The third-order valence-electron chi connectivity index (χ3n) is 9.83. The molecule has 0 bridgehead atoms. The van der Waals surface area contributed by atoms with Crippen LogP contribution in [0.4, 0.5) is 0 Å². The molecule has 0 radical (unpaired) electrons. The monoisotopic (exact) mass is 613 g/mol. The SMILES string of the molecule is c1ccc(-c2nc(-c3cccnc3-c3cccc4c3Oc3ccccc3C43c4ccccc4-c4ccccc43)nc3ccccc23)cc1. The van der Waals surface area contributed by atoms with Gasteiger partial charge in [-0.15, -0.1) is 0 Å². The van der Waals surface area contributed by atoms with Crippen LogP contribution in [-0.2, 0) is 5.41 Å². The maximum Gasteiger partial charge on any atom is 0.162 e. The fourth-order valence-corrected chi connectivity index (χ4v) is 7.88. The van der Waals surface area contributed by atoms with Gasteiger partial charge in [-0.25, -0.2) is 9.97 Å². The standard InChI is InChI=1S/C44H27N3O/c1-2-14-28(15-3-1)40-31-18-6-10-25-38(31)46-43(47-40)33-20-13-27-45-41(33)32-19-12-24-37-42(32)48-39-26-11-9-23-36(39)44(37)34-21-7-4-16-29(34)30-17-5-8-22-35(30)44/h1-27H. The number of ether oxygens (including phenoxy) is 1. The third-order valence-corrected chi connectivity index (χ3v) is 9.83. The van der Waals surface area contributed by atoms with Crippen LogP contribution in [0.5, 0.6) is 11.5 Å². The molecule has 4 nitrogen and oxygen atoms in total. The predicted octanol–water partition coefficient (Wildman–Crippen LogP) is 10.5. The Hall–Kier alpha value is -6.39. The minimum atomic E-state index is -0.553. The molecule has 8 aromatic rings. The summed E-state index contributed by atoms with van der Waals surface area (Å²) in [7, 11) is 0. The minimum Gasteiger partial charge on any atom is -0.456 e. The largest absolute Gasteiger partial charge is 0.456 e. The van der Waals surface area contributed by atoms with Crippen molar-refractivity contribution in [1.29, 1.82) is 0 Å². The molecule has 0 amide bonds. The first kappa shape index (κ1) is 26.8. The Bertz CT molecular complexity index is 2510. The van der Waals surface area contributed by atoms with Crippen molar-refractivity contribution in [2.75, 3.05) is 0 Å². The van der Waals surface area contributed by atoms with Gasteiger partial charge in [-0.05, 0) is 52.6 Å². The maximum absolute atomic E-state index is 6.95. The van der Waals surface area contributed by atoms with Gasteiger partial charge in [0, 0.05) is 39.4 Å². The second-order valence-electron chi connectivity index (χ2n) is 12.3. The van der Waals surface area contributed by atoms with E-state index in [1.807, 2.05) is 54.7 Å². The quantitative estimate of drug-likeness (QED) is 0.199. The highest BCUT2D eigenvalue weighted by Gasteiger charge is 2.51. The molecule has 0 fully saturated rings. The molecule has 0 N–H and O–H groups in total. The molecular weight excluding hydrogens is 587 g/mol. The first-order chi connectivity index (χ1) is 23.8. The summed E-state index contributed by atoms with van der Waals surface area (Å²) in [6.07, 6.45) is 1.84.